The number of nitrogens with one attached hydrogen (secondary N) is 1. The lowest BCUT2D eigenvalue weighted by Crippen LogP contribution is -2.45. The van der Waals surface area contributed by atoms with Gasteiger partial charge in [0, 0.05) is 6.04 Å². The van der Waals surface area contributed by atoms with E-state index >= 15 is 0 Å². The first-order chi connectivity index (χ1) is 9.51. The molecule has 3 N–H and O–H groups in total. The minimum atomic E-state index is -0.0433. The summed E-state index contributed by atoms with van der Waals surface area (Å²) >= 11 is 0. The molecule has 1 aromatic heterocycles. The molecule has 3 atom stereocenters. The van der Waals surface area contributed by atoms with E-state index in [0.717, 1.165) is 6.42 Å². The molecular weight excluding hydrogens is 252 g/mol. The van der Waals surface area contributed by atoms with Gasteiger partial charge in [-0.2, -0.15) is 0 Å². The lowest BCUT2D eigenvalue weighted by atomic mass is 9.74. The molecule has 1 aromatic rings. The highest BCUT2D eigenvalue weighted by Gasteiger charge is 2.32. The maximum Gasteiger partial charge on any atom is 0.254 e. The number of amides is 1. The van der Waals surface area contributed by atoms with Gasteiger partial charge in [-0.05, 0) is 36.7 Å². The van der Waals surface area contributed by atoms with Crippen molar-refractivity contribution in [2.45, 2.75) is 52.6 Å². The van der Waals surface area contributed by atoms with E-state index in [1.54, 1.807) is 6.07 Å². The topological polar surface area (TPSA) is 68.3 Å². The first kappa shape index (κ1) is 15.1. The lowest BCUT2D eigenvalue weighted by Gasteiger charge is -2.37. The first-order valence-corrected chi connectivity index (χ1v) is 7.59. The third-order valence-electron chi connectivity index (χ3n) is 4.46. The molecule has 0 radical (unpaired) electrons. The Bertz CT molecular complexity index is 453. The largest absolute Gasteiger partial charge is 0.467 e. The van der Waals surface area contributed by atoms with Crippen LogP contribution < -0.4 is 11.1 Å². The summed E-state index contributed by atoms with van der Waals surface area (Å²) in [6.45, 7) is 7.07. The van der Waals surface area contributed by atoms with Crippen molar-refractivity contribution >= 4 is 5.91 Å². The molecule has 0 saturated heterocycles. The van der Waals surface area contributed by atoms with Crippen molar-refractivity contribution < 1.29 is 9.21 Å². The number of furan rings is 1. The molecule has 1 aliphatic carbocycles. The maximum absolute atomic E-state index is 12.3. The second-order valence-corrected chi connectivity index (χ2v) is 6.41. The third-order valence-corrected chi connectivity index (χ3v) is 4.46. The predicted octanol–water partition coefficient (Wildman–Crippen LogP) is 2.93. The van der Waals surface area contributed by atoms with Crippen molar-refractivity contribution in [3.63, 3.8) is 0 Å². The Morgan fingerprint density at radius 1 is 1.50 bits per heavy atom. The van der Waals surface area contributed by atoms with E-state index in [4.69, 9.17) is 10.2 Å². The number of hydrogen-bond acceptors (Lipinski definition) is 3. The van der Waals surface area contributed by atoms with E-state index < -0.39 is 0 Å². The number of carbonyl (C=O) groups excluding carboxylic acids is 1. The van der Waals surface area contributed by atoms with Crippen LogP contribution in [0, 0.1) is 17.8 Å². The third kappa shape index (κ3) is 3.42. The SMILES string of the molecule is CC1CCC(C(C)C)C(NC(=O)c2coc(CN)c2)C1. The summed E-state index contributed by atoms with van der Waals surface area (Å²) in [5.41, 5.74) is 6.08. The van der Waals surface area contributed by atoms with Gasteiger partial charge in [0.2, 0.25) is 0 Å². The Hall–Kier alpha value is -1.29. The Labute approximate surface area is 121 Å². The van der Waals surface area contributed by atoms with Gasteiger partial charge in [0.05, 0.1) is 12.1 Å². The van der Waals surface area contributed by atoms with Gasteiger partial charge < -0.3 is 15.5 Å². The van der Waals surface area contributed by atoms with Crippen LogP contribution in [0.3, 0.4) is 0 Å². The van der Waals surface area contributed by atoms with Crippen molar-refractivity contribution in [3.05, 3.63) is 23.7 Å². The van der Waals surface area contributed by atoms with Gasteiger partial charge in [-0.15, -0.1) is 0 Å². The fraction of sp³-hybridized carbons (Fsp3) is 0.688. The van der Waals surface area contributed by atoms with E-state index in [2.05, 4.69) is 26.1 Å². The second-order valence-electron chi connectivity index (χ2n) is 6.41. The summed E-state index contributed by atoms with van der Waals surface area (Å²) in [7, 11) is 0. The normalized spacial score (nSPS) is 26.8. The summed E-state index contributed by atoms with van der Waals surface area (Å²) in [5.74, 6) is 2.44. The van der Waals surface area contributed by atoms with Crippen LogP contribution in [-0.2, 0) is 6.54 Å². The smallest absolute Gasteiger partial charge is 0.254 e. The van der Waals surface area contributed by atoms with Crippen LogP contribution in [0.2, 0.25) is 0 Å². The average Bonchev–Trinajstić information content (AvgIpc) is 2.87. The molecule has 0 aromatic carbocycles. The molecule has 1 amide bonds. The van der Waals surface area contributed by atoms with Gasteiger partial charge in [0.15, 0.2) is 0 Å². The van der Waals surface area contributed by atoms with E-state index in [9.17, 15) is 4.79 Å². The van der Waals surface area contributed by atoms with E-state index in [-0.39, 0.29) is 11.9 Å². The second kappa shape index (κ2) is 6.44. The maximum atomic E-state index is 12.3. The van der Waals surface area contributed by atoms with Crippen LogP contribution in [-0.4, -0.2) is 11.9 Å². The summed E-state index contributed by atoms with van der Waals surface area (Å²) in [6, 6.07) is 1.99. The predicted molar refractivity (Wildman–Crippen MR) is 79.2 cm³/mol. The summed E-state index contributed by atoms with van der Waals surface area (Å²) in [6.07, 6.45) is 5.02. The van der Waals surface area contributed by atoms with Crippen LogP contribution in [0.1, 0.15) is 56.2 Å². The molecule has 4 nitrogen and oxygen atoms in total. The average molecular weight is 278 g/mol. The van der Waals surface area contributed by atoms with E-state index in [0.29, 0.717) is 35.6 Å². The van der Waals surface area contributed by atoms with Crippen molar-refractivity contribution in [1.29, 1.82) is 0 Å². The fourth-order valence-corrected chi connectivity index (χ4v) is 3.23. The van der Waals surface area contributed by atoms with Crippen LogP contribution in [0.4, 0.5) is 0 Å². The van der Waals surface area contributed by atoms with Crippen molar-refractivity contribution in [2.75, 3.05) is 0 Å². The summed E-state index contributed by atoms with van der Waals surface area (Å²) < 4.78 is 5.23. The zero-order valence-corrected chi connectivity index (χ0v) is 12.7. The number of nitrogens with two attached hydrogens (primary N) is 1. The molecule has 2 rings (SSSR count). The standard InChI is InChI=1S/C16H26N2O2/c1-10(2)14-5-4-11(3)6-15(14)18-16(19)12-7-13(8-17)20-9-12/h7,9-11,14-15H,4-6,8,17H2,1-3H3,(H,18,19). The lowest BCUT2D eigenvalue weighted by molar-refractivity contribution is 0.0867. The van der Waals surface area contributed by atoms with Crippen molar-refractivity contribution in [3.8, 4) is 0 Å². The Morgan fingerprint density at radius 3 is 2.85 bits per heavy atom. The molecule has 0 spiro atoms. The molecule has 1 heterocycles. The highest BCUT2D eigenvalue weighted by molar-refractivity contribution is 5.94. The van der Waals surface area contributed by atoms with Crippen LogP contribution in [0.25, 0.3) is 0 Å². The highest BCUT2D eigenvalue weighted by Crippen LogP contribution is 2.33. The van der Waals surface area contributed by atoms with E-state index in [1.165, 1.54) is 19.1 Å². The minimum Gasteiger partial charge on any atom is -0.467 e. The van der Waals surface area contributed by atoms with Crippen LogP contribution in [0.15, 0.2) is 16.7 Å². The molecule has 20 heavy (non-hydrogen) atoms. The van der Waals surface area contributed by atoms with Crippen molar-refractivity contribution in [1.82, 2.24) is 5.32 Å². The van der Waals surface area contributed by atoms with Crippen LogP contribution >= 0.6 is 0 Å². The highest BCUT2D eigenvalue weighted by atomic mass is 16.3. The molecule has 0 bridgehead atoms. The molecular formula is C16H26N2O2. The molecule has 1 fully saturated rings. The summed E-state index contributed by atoms with van der Waals surface area (Å²) in [4.78, 5) is 12.3. The fourth-order valence-electron chi connectivity index (χ4n) is 3.23. The summed E-state index contributed by atoms with van der Waals surface area (Å²) in [5, 5.41) is 3.19. The Morgan fingerprint density at radius 2 is 2.25 bits per heavy atom. The monoisotopic (exact) mass is 278 g/mol. The van der Waals surface area contributed by atoms with Gasteiger partial charge in [-0.25, -0.2) is 0 Å². The van der Waals surface area contributed by atoms with Crippen molar-refractivity contribution in [2.24, 2.45) is 23.5 Å². The Balaban J connectivity index is 2.03. The zero-order chi connectivity index (χ0) is 14.7. The van der Waals surface area contributed by atoms with Crippen LogP contribution in [0.5, 0.6) is 0 Å². The molecule has 3 unspecified atom stereocenters. The van der Waals surface area contributed by atoms with Gasteiger partial charge in [0.25, 0.3) is 5.91 Å². The molecule has 112 valence electrons. The van der Waals surface area contributed by atoms with Gasteiger partial charge in [-0.3, -0.25) is 4.79 Å². The molecule has 1 aliphatic rings. The minimum absolute atomic E-state index is 0.0433. The number of rotatable bonds is 4. The molecule has 1 saturated carbocycles. The van der Waals surface area contributed by atoms with Gasteiger partial charge >= 0.3 is 0 Å². The quantitative estimate of drug-likeness (QED) is 0.889. The Kier molecular flexibility index (Phi) is 4.86. The van der Waals surface area contributed by atoms with Gasteiger partial charge in [-0.1, -0.05) is 27.2 Å². The zero-order valence-electron chi connectivity index (χ0n) is 12.7. The first-order valence-electron chi connectivity index (χ1n) is 7.59. The number of hydrogen-bond donors (Lipinski definition) is 2. The van der Waals surface area contributed by atoms with Gasteiger partial charge in [0.1, 0.15) is 12.0 Å². The number of carbonyl (C=O) groups is 1. The molecule has 0 aliphatic heterocycles. The molecule has 4 heteroatoms. The van der Waals surface area contributed by atoms with E-state index in [1.807, 2.05) is 0 Å².